The molecule has 1 aliphatic heterocycles. The van der Waals surface area contributed by atoms with Crippen molar-refractivity contribution in [2.24, 2.45) is 5.92 Å². The van der Waals surface area contributed by atoms with Crippen LogP contribution >= 0.6 is 11.3 Å². The second-order valence-electron chi connectivity index (χ2n) is 8.29. The molecule has 1 aromatic carbocycles. The normalized spacial score (nSPS) is 22.3. The highest BCUT2D eigenvalue weighted by Crippen LogP contribution is 2.44. The Morgan fingerprint density at radius 2 is 2.03 bits per heavy atom. The van der Waals surface area contributed by atoms with Gasteiger partial charge in [0.15, 0.2) is 5.13 Å². The van der Waals surface area contributed by atoms with Gasteiger partial charge in [-0.2, -0.15) is 13.2 Å². The topological polar surface area (TPSA) is 65.5 Å². The quantitative estimate of drug-likeness (QED) is 0.677. The van der Waals surface area contributed by atoms with Crippen molar-refractivity contribution >= 4 is 28.3 Å². The van der Waals surface area contributed by atoms with E-state index >= 15 is 0 Å². The highest BCUT2D eigenvalue weighted by atomic mass is 32.1. The third kappa shape index (κ3) is 4.17. The molecular weight excluding hydrogens is 448 g/mol. The van der Waals surface area contributed by atoms with E-state index in [2.05, 4.69) is 4.98 Å². The number of aromatic nitrogens is 1. The van der Waals surface area contributed by atoms with E-state index in [-0.39, 0.29) is 24.2 Å². The Kier molecular flexibility index (Phi) is 5.87. The SMILES string of the molecule is CN(C)c1nc(C(=O)N2C3CC[C@@H](C3)[C@H]2CNC(=O)C(F)(F)F)c(-c2cccc(F)c2)s1. The van der Waals surface area contributed by atoms with Gasteiger partial charge in [0, 0.05) is 26.7 Å². The second kappa shape index (κ2) is 8.34. The van der Waals surface area contributed by atoms with Crippen LogP contribution in [0.2, 0.25) is 0 Å². The van der Waals surface area contributed by atoms with E-state index in [1.54, 1.807) is 36.0 Å². The zero-order valence-electron chi connectivity index (χ0n) is 17.4. The van der Waals surface area contributed by atoms with Gasteiger partial charge < -0.3 is 15.1 Å². The summed E-state index contributed by atoms with van der Waals surface area (Å²) in [5.74, 6) is -2.86. The highest BCUT2D eigenvalue weighted by molar-refractivity contribution is 7.19. The number of hydrogen-bond donors (Lipinski definition) is 1. The lowest BCUT2D eigenvalue weighted by atomic mass is 9.98. The van der Waals surface area contributed by atoms with Gasteiger partial charge in [-0.1, -0.05) is 23.5 Å². The maximum atomic E-state index is 13.9. The number of nitrogens with one attached hydrogen (secondary N) is 1. The molecular formula is C21H22F4N4O2S. The molecule has 0 radical (unpaired) electrons. The molecule has 2 aromatic rings. The first-order valence-electron chi connectivity index (χ1n) is 10.2. The Morgan fingerprint density at radius 1 is 1.28 bits per heavy atom. The molecule has 172 valence electrons. The fourth-order valence-electron chi connectivity index (χ4n) is 4.56. The molecule has 1 saturated heterocycles. The minimum absolute atomic E-state index is 0.0158. The molecule has 1 saturated carbocycles. The summed E-state index contributed by atoms with van der Waals surface area (Å²) < 4.78 is 51.8. The van der Waals surface area contributed by atoms with Gasteiger partial charge in [0.05, 0.1) is 10.9 Å². The predicted molar refractivity (Wildman–Crippen MR) is 112 cm³/mol. The van der Waals surface area contributed by atoms with E-state index in [0.29, 0.717) is 22.0 Å². The number of rotatable bonds is 5. The van der Waals surface area contributed by atoms with E-state index in [1.165, 1.54) is 23.5 Å². The van der Waals surface area contributed by atoms with Crippen LogP contribution in [0.5, 0.6) is 0 Å². The number of hydrogen-bond acceptors (Lipinski definition) is 5. The average Bonchev–Trinajstić information content (AvgIpc) is 3.44. The van der Waals surface area contributed by atoms with Crippen LogP contribution in [0.25, 0.3) is 10.4 Å². The predicted octanol–water partition coefficient (Wildman–Crippen LogP) is 3.69. The van der Waals surface area contributed by atoms with Crippen LogP contribution in [-0.2, 0) is 4.79 Å². The maximum absolute atomic E-state index is 13.9. The number of carbonyl (C=O) groups is 2. The molecule has 6 nitrogen and oxygen atoms in total. The van der Waals surface area contributed by atoms with Gasteiger partial charge in [-0.3, -0.25) is 9.59 Å². The van der Waals surface area contributed by atoms with Crippen molar-refractivity contribution in [2.75, 3.05) is 25.5 Å². The Hall–Kier alpha value is -2.69. The maximum Gasteiger partial charge on any atom is 0.471 e. The summed E-state index contributed by atoms with van der Waals surface area (Å²) in [6, 6.07) is 5.19. The van der Waals surface area contributed by atoms with E-state index in [4.69, 9.17) is 0 Å². The van der Waals surface area contributed by atoms with Crippen LogP contribution in [0.3, 0.4) is 0 Å². The summed E-state index contributed by atoms with van der Waals surface area (Å²) in [5.41, 5.74) is 0.647. The lowest BCUT2D eigenvalue weighted by molar-refractivity contribution is -0.173. The summed E-state index contributed by atoms with van der Waals surface area (Å²) in [4.78, 5) is 33.2. The van der Waals surface area contributed by atoms with Crippen LogP contribution in [0, 0.1) is 11.7 Å². The Morgan fingerprint density at radius 3 is 2.69 bits per heavy atom. The van der Waals surface area contributed by atoms with Crippen molar-refractivity contribution in [1.82, 2.24) is 15.2 Å². The van der Waals surface area contributed by atoms with Gasteiger partial charge in [-0.15, -0.1) is 0 Å². The number of amides is 2. The summed E-state index contributed by atoms with van der Waals surface area (Å²) in [5, 5.41) is 2.48. The number of alkyl halides is 3. The van der Waals surface area contributed by atoms with E-state index in [0.717, 1.165) is 12.8 Å². The number of piperidine rings is 1. The summed E-state index contributed by atoms with van der Waals surface area (Å²) >= 11 is 1.24. The molecule has 3 atom stereocenters. The minimum Gasteiger partial charge on any atom is -0.354 e. The van der Waals surface area contributed by atoms with Crippen molar-refractivity contribution < 1.29 is 27.2 Å². The molecule has 1 N–H and O–H groups in total. The number of anilines is 1. The van der Waals surface area contributed by atoms with Gasteiger partial charge >= 0.3 is 12.1 Å². The van der Waals surface area contributed by atoms with Crippen LogP contribution in [0.15, 0.2) is 24.3 Å². The zero-order chi connectivity index (χ0) is 23.2. The van der Waals surface area contributed by atoms with Crippen molar-refractivity contribution in [1.29, 1.82) is 0 Å². The van der Waals surface area contributed by atoms with E-state index < -0.39 is 29.8 Å². The monoisotopic (exact) mass is 470 g/mol. The fraction of sp³-hybridized carbons (Fsp3) is 0.476. The Bertz CT molecular complexity index is 1040. The molecule has 2 bridgehead atoms. The second-order valence-corrected chi connectivity index (χ2v) is 9.27. The molecule has 1 aromatic heterocycles. The van der Waals surface area contributed by atoms with Gasteiger partial charge in [0.1, 0.15) is 11.5 Å². The van der Waals surface area contributed by atoms with Crippen LogP contribution in [0.4, 0.5) is 22.7 Å². The Labute approximate surface area is 186 Å². The van der Waals surface area contributed by atoms with Gasteiger partial charge in [-0.25, -0.2) is 9.37 Å². The molecule has 32 heavy (non-hydrogen) atoms. The van der Waals surface area contributed by atoms with Crippen molar-refractivity contribution in [2.45, 2.75) is 37.5 Å². The molecule has 2 aliphatic rings. The molecule has 2 amide bonds. The molecule has 1 aliphatic carbocycles. The standard InChI is InChI=1S/C21H22F4N4O2S/c1-28(2)20-27-16(17(32-20)12-4-3-5-13(22)8-12)18(30)29-14-7-6-11(9-14)15(29)10-26-19(31)21(23,24)25/h3-5,8,11,14-15H,6-7,9-10H2,1-2H3,(H,26,31)/t11-,14?,15+/m0/s1. The number of likely N-dealkylation sites (tertiary alicyclic amines) is 1. The smallest absolute Gasteiger partial charge is 0.354 e. The molecule has 2 fully saturated rings. The number of benzene rings is 1. The minimum atomic E-state index is -4.98. The summed E-state index contributed by atoms with van der Waals surface area (Å²) in [6.45, 7) is -0.273. The first-order chi connectivity index (χ1) is 15.1. The van der Waals surface area contributed by atoms with Crippen LogP contribution < -0.4 is 10.2 Å². The summed E-state index contributed by atoms with van der Waals surface area (Å²) in [6.07, 6.45) is -2.76. The molecule has 0 spiro atoms. The molecule has 4 rings (SSSR count). The molecule has 2 heterocycles. The zero-order valence-corrected chi connectivity index (χ0v) is 18.3. The lowest BCUT2D eigenvalue weighted by Gasteiger charge is -2.35. The van der Waals surface area contributed by atoms with Crippen molar-refractivity contribution in [3.63, 3.8) is 0 Å². The average molecular weight is 470 g/mol. The third-order valence-electron chi connectivity index (χ3n) is 5.99. The number of halogens is 4. The van der Waals surface area contributed by atoms with Crippen molar-refractivity contribution in [3.8, 4) is 10.4 Å². The fourth-order valence-corrected chi connectivity index (χ4v) is 5.54. The van der Waals surface area contributed by atoms with Crippen molar-refractivity contribution in [3.05, 3.63) is 35.8 Å². The highest BCUT2D eigenvalue weighted by Gasteiger charge is 2.50. The first-order valence-corrected chi connectivity index (χ1v) is 11.0. The largest absolute Gasteiger partial charge is 0.471 e. The van der Waals surface area contributed by atoms with Crippen LogP contribution in [0.1, 0.15) is 29.8 Å². The van der Waals surface area contributed by atoms with E-state index in [1.807, 2.05) is 5.32 Å². The van der Waals surface area contributed by atoms with Gasteiger partial charge in [0.2, 0.25) is 0 Å². The van der Waals surface area contributed by atoms with Gasteiger partial charge in [-0.05, 0) is 42.9 Å². The number of carbonyl (C=O) groups excluding carboxylic acids is 2. The number of nitrogens with zero attached hydrogens (tertiary/aromatic N) is 3. The summed E-state index contributed by atoms with van der Waals surface area (Å²) in [7, 11) is 3.55. The number of thiazole rings is 1. The molecule has 11 heteroatoms. The first kappa shape index (κ1) is 22.5. The lowest BCUT2D eigenvalue weighted by Crippen LogP contribution is -2.52. The van der Waals surface area contributed by atoms with Crippen LogP contribution in [-0.4, -0.2) is 60.6 Å². The van der Waals surface area contributed by atoms with Gasteiger partial charge in [0.25, 0.3) is 5.91 Å². The molecule has 1 unspecified atom stereocenters. The third-order valence-corrected chi connectivity index (χ3v) is 7.26. The van der Waals surface area contributed by atoms with E-state index in [9.17, 15) is 27.2 Å². The number of fused-ring (bicyclic) bond motifs is 2. The Balaban J connectivity index is 1.66.